The highest BCUT2D eigenvalue weighted by atomic mass is 79.9. The summed E-state index contributed by atoms with van der Waals surface area (Å²) >= 11 is 3.45. The Labute approximate surface area is 226 Å². The van der Waals surface area contributed by atoms with Gasteiger partial charge in [0.2, 0.25) is 0 Å². The number of halogens is 4. The fraction of sp³-hybridized carbons (Fsp3) is 0.370. The number of carbonyl (C=O) groups excluding carboxylic acids is 1. The molecule has 38 heavy (non-hydrogen) atoms. The van der Waals surface area contributed by atoms with Crippen LogP contribution in [0.2, 0.25) is 0 Å². The highest BCUT2D eigenvalue weighted by Crippen LogP contribution is 2.35. The van der Waals surface area contributed by atoms with E-state index in [-0.39, 0.29) is 24.9 Å². The lowest BCUT2D eigenvalue weighted by atomic mass is 9.93. The van der Waals surface area contributed by atoms with Crippen LogP contribution < -0.4 is 15.0 Å². The summed E-state index contributed by atoms with van der Waals surface area (Å²) < 4.78 is 44.0. The van der Waals surface area contributed by atoms with E-state index in [2.05, 4.69) is 30.9 Å². The van der Waals surface area contributed by atoms with Crippen LogP contribution in [0, 0.1) is 6.92 Å². The third-order valence-corrected chi connectivity index (χ3v) is 7.09. The standard InChI is InChI=1S/C27H27BrF3N3O4/c1-16-24(20-14-18(28)9-10-21(20)33-25(16)34-12-4-5-13-34)26(37)32-15-17(8-11-23(35)36)19-6-2-3-7-22(19)38-27(29,30)31/h2-3,6-7,9-10,14,17H,4-5,8,11-13,15H2,1H3,(H,32,37)(H,35,36)/t17-/m1/s1. The molecule has 0 unspecified atom stereocenters. The lowest BCUT2D eigenvalue weighted by Crippen LogP contribution is -2.31. The summed E-state index contributed by atoms with van der Waals surface area (Å²) in [7, 11) is 0. The number of carboxylic acid groups (broad SMARTS) is 1. The number of para-hydroxylation sites is 1. The number of nitrogens with zero attached hydrogens (tertiary/aromatic N) is 2. The molecule has 7 nitrogen and oxygen atoms in total. The van der Waals surface area contributed by atoms with Gasteiger partial charge in [0.1, 0.15) is 11.6 Å². The first-order valence-electron chi connectivity index (χ1n) is 12.2. The number of pyridine rings is 1. The van der Waals surface area contributed by atoms with Gasteiger partial charge in [-0.25, -0.2) is 4.98 Å². The fourth-order valence-corrected chi connectivity index (χ4v) is 5.21. The first-order chi connectivity index (χ1) is 18.0. The maximum absolute atomic E-state index is 13.6. The van der Waals surface area contributed by atoms with E-state index >= 15 is 0 Å². The van der Waals surface area contributed by atoms with Crippen LogP contribution in [-0.2, 0) is 4.79 Å². The van der Waals surface area contributed by atoms with Crippen molar-refractivity contribution in [2.75, 3.05) is 24.5 Å². The molecule has 1 amide bonds. The van der Waals surface area contributed by atoms with Crippen LogP contribution in [0.25, 0.3) is 10.9 Å². The molecule has 0 saturated carbocycles. The smallest absolute Gasteiger partial charge is 0.481 e. The van der Waals surface area contributed by atoms with Crippen LogP contribution in [0.15, 0.2) is 46.9 Å². The normalized spacial score (nSPS) is 14.5. The van der Waals surface area contributed by atoms with Crippen molar-refractivity contribution >= 4 is 44.5 Å². The number of hydrogen-bond donors (Lipinski definition) is 2. The number of anilines is 1. The maximum atomic E-state index is 13.6. The summed E-state index contributed by atoms with van der Waals surface area (Å²) in [6.07, 6.45) is -3.13. The van der Waals surface area contributed by atoms with E-state index in [0.29, 0.717) is 22.0 Å². The molecule has 11 heteroatoms. The molecule has 2 heterocycles. The molecule has 1 saturated heterocycles. The van der Waals surface area contributed by atoms with Gasteiger partial charge in [-0.1, -0.05) is 34.1 Å². The molecule has 0 aliphatic carbocycles. The lowest BCUT2D eigenvalue weighted by Gasteiger charge is -2.24. The number of hydrogen-bond acceptors (Lipinski definition) is 5. The Kier molecular flexibility index (Phi) is 8.44. The van der Waals surface area contributed by atoms with E-state index in [1.165, 1.54) is 18.2 Å². The zero-order chi connectivity index (χ0) is 27.4. The number of rotatable bonds is 9. The first kappa shape index (κ1) is 27.7. The zero-order valence-electron chi connectivity index (χ0n) is 20.6. The van der Waals surface area contributed by atoms with Crippen LogP contribution in [0.3, 0.4) is 0 Å². The average Bonchev–Trinajstić information content (AvgIpc) is 3.38. The molecule has 2 N–H and O–H groups in total. The summed E-state index contributed by atoms with van der Waals surface area (Å²) in [5, 5.41) is 12.7. The molecule has 1 fully saturated rings. The molecular formula is C27H27BrF3N3O4. The van der Waals surface area contributed by atoms with Crippen molar-refractivity contribution in [3.8, 4) is 5.75 Å². The fourth-order valence-electron chi connectivity index (χ4n) is 4.85. The molecular weight excluding hydrogens is 567 g/mol. The summed E-state index contributed by atoms with van der Waals surface area (Å²) in [6, 6.07) is 11.1. The van der Waals surface area contributed by atoms with Gasteiger partial charge < -0.3 is 20.1 Å². The average molecular weight is 594 g/mol. The third kappa shape index (κ3) is 6.56. The number of ether oxygens (including phenoxy) is 1. The maximum Gasteiger partial charge on any atom is 0.573 e. The van der Waals surface area contributed by atoms with Gasteiger partial charge in [0, 0.05) is 47.4 Å². The van der Waals surface area contributed by atoms with Crippen molar-refractivity contribution in [3.05, 3.63) is 63.6 Å². The first-order valence-corrected chi connectivity index (χ1v) is 13.0. The number of aromatic nitrogens is 1. The minimum absolute atomic E-state index is 0.00843. The van der Waals surface area contributed by atoms with Crippen molar-refractivity contribution in [1.29, 1.82) is 0 Å². The van der Waals surface area contributed by atoms with Crippen molar-refractivity contribution < 1.29 is 32.6 Å². The van der Waals surface area contributed by atoms with Crippen molar-refractivity contribution in [1.82, 2.24) is 10.3 Å². The molecule has 1 aliphatic heterocycles. The Morgan fingerprint density at radius 3 is 2.58 bits per heavy atom. The molecule has 2 aromatic carbocycles. The Morgan fingerprint density at radius 1 is 1.18 bits per heavy atom. The highest BCUT2D eigenvalue weighted by molar-refractivity contribution is 9.10. The Balaban J connectivity index is 1.67. The van der Waals surface area contributed by atoms with Crippen LogP contribution in [0.4, 0.5) is 19.0 Å². The molecule has 202 valence electrons. The minimum atomic E-state index is -4.91. The zero-order valence-corrected chi connectivity index (χ0v) is 22.2. The second-order valence-corrected chi connectivity index (χ2v) is 10.1. The van der Waals surface area contributed by atoms with Crippen LogP contribution in [0.1, 0.15) is 53.1 Å². The van der Waals surface area contributed by atoms with Crippen molar-refractivity contribution in [2.45, 2.75) is 44.9 Å². The number of benzene rings is 2. The summed E-state index contributed by atoms with van der Waals surface area (Å²) in [5.41, 5.74) is 1.95. The van der Waals surface area contributed by atoms with Gasteiger partial charge in [0.15, 0.2) is 0 Å². The largest absolute Gasteiger partial charge is 0.573 e. The lowest BCUT2D eigenvalue weighted by molar-refractivity contribution is -0.275. The van der Waals surface area contributed by atoms with E-state index < -0.39 is 29.9 Å². The molecule has 1 aliphatic rings. The van der Waals surface area contributed by atoms with E-state index in [1.54, 1.807) is 6.07 Å². The number of alkyl halides is 3. The van der Waals surface area contributed by atoms with Crippen molar-refractivity contribution in [2.24, 2.45) is 0 Å². The number of carboxylic acids is 1. The predicted molar refractivity (Wildman–Crippen MR) is 141 cm³/mol. The van der Waals surface area contributed by atoms with E-state index in [1.807, 2.05) is 25.1 Å². The Bertz CT molecular complexity index is 1340. The van der Waals surface area contributed by atoms with Crippen molar-refractivity contribution in [3.63, 3.8) is 0 Å². The molecule has 3 aromatic rings. The van der Waals surface area contributed by atoms with Gasteiger partial charge in [-0.15, -0.1) is 13.2 Å². The Hall–Kier alpha value is -3.34. The SMILES string of the molecule is Cc1c(N2CCCC2)nc2ccc(Br)cc2c1C(=O)NC[C@@H](CCC(=O)O)c1ccccc1OC(F)(F)F. The number of nitrogens with one attached hydrogen (secondary N) is 1. The van der Waals surface area contributed by atoms with Gasteiger partial charge in [0.05, 0.1) is 11.1 Å². The topological polar surface area (TPSA) is 91.8 Å². The number of fused-ring (bicyclic) bond motifs is 1. The second kappa shape index (κ2) is 11.6. The van der Waals surface area contributed by atoms with Crippen LogP contribution in [0.5, 0.6) is 5.75 Å². The van der Waals surface area contributed by atoms with Gasteiger partial charge >= 0.3 is 12.3 Å². The molecule has 1 aromatic heterocycles. The van der Waals surface area contributed by atoms with Crippen LogP contribution >= 0.6 is 15.9 Å². The highest BCUT2D eigenvalue weighted by Gasteiger charge is 2.33. The number of amides is 1. The summed E-state index contributed by atoms with van der Waals surface area (Å²) in [5.74, 6) is -1.93. The third-order valence-electron chi connectivity index (χ3n) is 6.60. The quantitative estimate of drug-likeness (QED) is 0.308. The number of carbonyl (C=O) groups is 2. The van der Waals surface area contributed by atoms with E-state index in [0.717, 1.165) is 36.2 Å². The summed E-state index contributed by atoms with van der Waals surface area (Å²) in [6.45, 7) is 3.43. The van der Waals surface area contributed by atoms with E-state index in [9.17, 15) is 27.9 Å². The van der Waals surface area contributed by atoms with Crippen LogP contribution in [-0.4, -0.2) is 48.0 Å². The second-order valence-electron chi connectivity index (χ2n) is 9.22. The van der Waals surface area contributed by atoms with Gasteiger partial charge in [-0.2, -0.15) is 0 Å². The Morgan fingerprint density at radius 2 is 1.89 bits per heavy atom. The minimum Gasteiger partial charge on any atom is -0.481 e. The molecule has 0 radical (unpaired) electrons. The molecule has 0 spiro atoms. The van der Waals surface area contributed by atoms with Gasteiger partial charge in [-0.3, -0.25) is 9.59 Å². The monoisotopic (exact) mass is 593 g/mol. The number of aliphatic carboxylic acids is 1. The molecule has 0 bridgehead atoms. The molecule has 4 rings (SSSR count). The molecule has 1 atom stereocenters. The van der Waals surface area contributed by atoms with Gasteiger partial charge in [-0.05, 0) is 56.0 Å². The van der Waals surface area contributed by atoms with Gasteiger partial charge in [0.25, 0.3) is 5.91 Å². The predicted octanol–water partition coefficient (Wildman–Crippen LogP) is 6.18. The van der Waals surface area contributed by atoms with E-state index in [4.69, 9.17) is 4.98 Å². The summed E-state index contributed by atoms with van der Waals surface area (Å²) in [4.78, 5) is 31.9.